The van der Waals surface area contributed by atoms with Crippen molar-refractivity contribution in [2.45, 2.75) is 24.5 Å². The molecule has 0 aromatic carbocycles. The van der Waals surface area contributed by atoms with Crippen molar-refractivity contribution in [1.82, 2.24) is 14.5 Å². The highest BCUT2D eigenvalue weighted by atomic mass is 35.5. The van der Waals surface area contributed by atoms with Crippen LogP contribution < -0.4 is 0 Å². The monoisotopic (exact) mass is 351 g/mol. The molecule has 24 heavy (non-hydrogen) atoms. The summed E-state index contributed by atoms with van der Waals surface area (Å²) in [6, 6.07) is 3.52. The van der Waals surface area contributed by atoms with E-state index in [1.165, 1.54) is 6.26 Å². The van der Waals surface area contributed by atoms with Crippen LogP contribution in [0.1, 0.15) is 6.23 Å². The Morgan fingerprint density at radius 3 is 2.71 bits per heavy atom. The van der Waals surface area contributed by atoms with Gasteiger partial charge < -0.3 is 29.0 Å². The molecule has 9 heteroatoms. The Morgan fingerprint density at radius 2 is 2.04 bits per heavy atom. The van der Waals surface area contributed by atoms with Crippen LogP contribution in [0.2, 0.25) is 5.28 Å². The van der Waals surface area contributed by atoms with E-state index in [1.807, 2.05) is 0 Å². The van der Waals surface area contributed by atoms with Crippen molar-refractivity contribution in [3.63, 3.8) is 0 Å². The fraction of sp³-hybridized carbons (Fsp3) is 0.333. The number of hydrogen-bond acceptors (Lipinski definition) is 7. The van der Waals surface area contributed by atoms with Gasteiger partial charge >= 0.3 is 0 Å². The minimum Gasteiger partial charge on any atom is -0.472 e. The van der Waals surface area contributed by atoms with Crippen molar-refractivity contribution < 1.29 is 24.5 Å². The van der Waals surface area contributed by atoms with E-state index in [9.17, 15) is 15.3 Å². The van der Waals surface area contributed by atoms with Gasteiger partial charge in [0.15, 0.2) is 6.23 Å². The summed E-state index contributed by atoms with van der Waals surface area (Å²) in [6.07, 6.45) is 0.583. The topological polar surface area (TPSA) is 114 Å². The number of aromatic nitrogens is 3. The van der Waals surface area contributed by atoms with E-state index in [1.54, 1.807) is 29.2 Å². The van der Waals surface area contributed by atoms with Crippen LogP contribution in [-0.4, -0.2) is 54.8 Å². The van der Waals surface area contributed by atoms with Gasteiger partial charge in [-0.3, -0.25) is 0 Å². The van der Waals surface area contributed by atoms with Gasteiger partial charge in [0.05, 0.1) is 24.8 Å². The van der Waals surface area contributed by atoms with Gasteiger partial charge in [-0.2, -0.15) is 4.98 Å². The first-order chi connectivity index (χ1) is 11.6. The van der Waals surface area contributed by atoms with Crippen LogP contribution in [0.25, 0.3) is 22.3 Å². The van der Waals surface area contributed by atoms with Crippen molar-refractivity contribution in [3.05, 3.63) is 36.1 Å². The lowest BCUT2D eigenvalue weighted by molar-refractivity contribution is -0.0508. The highest BCUT2D eigenvalue weighted by Gasteiger charge is 2.43. The van der Waals surface area contributed by atoms with Crippen LogP contribution in [0.3, 0.4) is 0 Å². The Hall–Kier alpha value is -1.97. The zero-order valence-corrected chi connectivity index (χ0v) is 13.0. The molecule has 4 heterocycles. The Labute approximate surface area is 140 Å². The van der Waals surface area contributed by atoms with Crippen LogP contribution in [0.15, 0.2) is 35.3 Å². The van der Waals surface area contributed by atoms with E-state index in [0.717, 1.165) is 5.56 Å². The molecule has 0 aliphatic carbocycles. The molecule has 3 aromatic heterocycles. The third-order valence-electron chi connectivity index (χ3n) is 4.13. The number of halogens is 1. The second-order valence-electron chi connectivity index (χ2n) is 5.54. The molecule has 3 aromatic rings. The summed E-state index contributed by atoms with van der Waals surface area (Å²) in [7, 11) is 0. The summed E-state index contributed by atoms with van der Waals surface area (Å²) in [5, 5.41) is 30.1. The number of furan rings is 1. The third-order valence-corrected chi connectivity index (χ3v) is 4.30. The fourth-order valence-electron chi connectivity index (χ4n) is 2.94. The number of nitrogens with zero attached hydrogens (tertiary/aromatic N) is 3. The van der Waals surface area contributed by atoms with Gasteiger partial charge in [0, 0.05) is 17.1 Å². The first kappa shape index (κ1) is 15.6. The predicted molar refractivity (Wildman–Crippen MR) is 83.2 cm³/mol. The zero-order chi connectivity index (χ0) is 16.8. The summed E-state index contributed by atoms with van der Waals surface area (Å²) < 4.78 is 12.2. The minimum atomic E-state index is -1.20. The van der Waals surface area contributed by atoms with Crippen molar-refractivity contribution in [1.29, 1.82) is 0 Å². The van der Waals surface area contributed by atoms with Crippen LogP contribution in [0, 0.1) is 0 Å². The molecule has 8 nitrogen and oxygen atoms in total. The summed E-state index contributed by atoms with van der Waals surface area (Å²) in [5.41, 5.74) is 1.77. The van der Waals surface area contributed by atoms with E-state index in [2.05, 4.69) is 9.97 Å². The van der Waals surface area contributed by atoms with Gasteiger partial charge in [-0.1, -0.05) is 0 Å². The quantitative estimate of drug-likeness (QED) is 0.602. The second-order valence-corrected chi connectivity index (χ2v) is 5.88. The Morgan fingerprint density at radius 1 is 1.21 bits per heavy atom. The molecule has 0 bridgehead atoms. The maximum Gasteiger partial charge on any atom is 0.224 e. The highest BCUT2D eigenvalue weighted by Crippen LogP contribution is 2.35. The molecule has 1 saturated heterocycles. The highest BCUT2D eigenvalue weighted by molar-refractivity contribution is 6.28. The molecular formula is C15H14ClN3O5. The molecule has 1 aliphatic rings. The first-order valence-electron chi connectivity index (χ1n) is 7.29. The summed E-state index contributed by atoms with van der Waals surface area (Å²) in [6.45, 7) is -0.399. The van der Waals surface area contributed by atoms with Crippen molar-refractivity contribution in [2.24, 2.45) is 0 Å². The Bertz CT molecular complexity index is 866. The maximum atomic E-state index is 10.2. The molecule has 126 valence electrons. The average Bonchev–Trinajstić information content (AvgIpc) is 3.28. The molecule has 1 aliphatic heterocycles. The van der Waals surface area contributed by atoms with Gasteiger partial charge in [-0.25, -0.2) is 4.98 Å². The van der Waals surface area contributed by atoms with E-state index in [0.29, 0.717) is 16.7 Å². The van der Waals surface area contributed by atoms with Crippen LogP contribution >= 0.6 is 11.6 Å². The lowest BCUT2D eigenvalue weighted by Crippen LogP contribution is -2.33. The fourth-order valence-corrected chi connectivity index (χ4v) is 3.11. The van der Waals surface area contributed by atoms with Gasteiger partial charge in [-0.15, -0.1) is 0 Å². The number of rotatable bonds is 3. The molecule has 0 spiro atoms. The molecule has 0 amide bonds. The minimum absolute atomic E-state index is 0.0328. The van der Waals surface area contributed by atoms with Crippen molar-refractivity contribution in [3.8, 4) is 11.3 Å². The Balaban J connectivity index is 1.84. The standard InChI is InChI=1S/C15H14ClN3O5/c16-15-17-10(7-2-4-23-6-7)8-1-3-19(13(8)18-15)14-12(22)11(21)9(5-20)24-14/h1-4,6,9,11-12,14,20-22H,5H2/t9-,11?,12?,14-/m1/s1. The lowest BCUT2D eigenvalue weighted by Gasteiger charge is -2.17. The zero-order valence-electron chi connectivity index (χ0n) is 12.3. The lowest BCUT2D eigenvalue weighted by atomic mass is 10.1. The predicted octanol–water partition coefficient (Wildman–Crippen LogP) is 0.956. The van der Waals surface area contributed by atoms with E-state index < -0.39 is 31.1 Å². The first-order valence-corrected chi connectivity index (χ1v) is 7.67. The molecule has 2 unspecified atom stereocenters. The van der Waals surface area contributed by atoms with Crippen molar-refractivity contribution >= 4 is 22.6 Å². The summed E-state index contributed by atoms with van der Waals surface area (Å²) in [5.74, 6) is 0. The second kappa shape index (κ2) is 5.83. The Kier molecular flexibility index (Phi) is 3.78. The average molecular weight is 352 g/mol. The molecule has 4 rings (SSSR count). The molecular weight excluding hydrogens is 338 g/mol. The molecule has 0 saturated carbocycles. The van der Waals surface area contributed by atoms with E-state index in [-0.39, 0.29) is 5.28 Å². The van der Waals surface area contributed by atoms with E-state index >= 15 is 0 Å². The van der Waals surface area contributed by atoms with Gasteiger partial charge in [0.2, 0.25) is 5.28 Å². The molecule has 0 radical (unpaired) electrons. The van der Waals surface area contributed by atoms with Gasteiger partial charge in [0.1, 0.15) is 24.0 Å². The van der Waals surface area contributed by atoms with E-state index in [4.69, 9.17) is 20.8 Å². The molecule has 1 fully saturated rings. The summed E-state index contributed by atoms with van der Waals surface area (Å²) >= 11 is 6.04. The third kappa shape index (κ3) is 2.31. The van der Waals surface area contributed by atoms with Crippen LogP contribution in [0.5, 0.6) is 0 Å². The number of aliphatic hydroxyl groups excluding tert-OH is 3. The number of ether oxygens (including phenoxy) is 1. The SMILES string of the molecule is OC[C@H]1O[C@@H](n2ccc3c(-c4ccoc4)nc(Cl)nc32)C(O)C1O. The normalized spacial score (nSPS) is 27.2. The molecule has 3 N–H and O–H groups in total. The van der Waals surface area contributed by atoms with Crippen LogP contribution in [0.4, 0.5) is 0 Å². The molecule has 4 atom stereocenters. The smallest absolute Gasteiger partial charge is 0.224 e. The van der Waals surface area contributed by atoms with Crippen LogP contribution in [-0.2, 0) is 4.74 Å². The largest absolute Gasteiger partial charge is 0.472 e. The van der Waals surface area contributed by atoms with Gasteiger partial charge in [0.25, 0.3) is 0 Å². The summed E-state index contributed by atoms with van der Waals surface area (Å²) in [4.78, 5) is 8.45. The number of hydrogen-bond donors (Lipinski definition) is 3. The number of fused-ring (bicyclic) bond motifs is 1. The van der Waals surface area contributed by atoms with Gasteiger partial charge in [-0.05, 0) is 23.7 Å². The maximum absolute atomic E-state index is 10.2. The number of aliphatic hydroxyl groups is 3. The van der Waals surface area contributed by atoms with Crippen molar-refractivity contribution in [2.75, 3.05) is 6.61 Å².